The number of carbonyl (C=O) groups excluding carboxylic acids is 2. The first-order valence-electron chi connectivity index (χ1n) is 9.03. The molecule has 0 aromatic heterocycles. The van der Waals surface area contributed by atoms with Crippen molar-refractivity contribution in [3.05, 3.63) is 29.8 Å². The van der Waals surface area contributed by atoms with E-state index in [2.05, 4.69) is 5.32 Å². The Labute approximate surface area is 166 Å². The average Bonchev–Trinajstić information content (AvgIpc) is 2.68. The second kappa shape index (κ2) is 9.14. The maximum atomic E-state index is 13.1. The fraction of sp³-hybridized carbons (Fsp3) is 0.556. The van der Waals surface area contributed by atoms with E-state index in [0.29, 0.717) is 31.6 Å². The van der Waals surface area contributed by atoms with Crippen LogP contribution in [0.5, 0.6) is 0 Å². The number of Topliss-reactive ketones (excluding diaryl/α,β-unsaturated/α-hetero) is 1. The van der Waals surface area contributed by atoms with E-state index in [1.54, 1.807) is 4.90 Å². The third-order valence-electron chi connectivity index (χ3n) is 5.03. The second-order valence-electron chi connectivity index (χ2n) is 6.78. The molecule has 2 aliphatic rings. The van der Waals surface area contributed by atoms with Crippen molar-refractivity contribution in [1.82, 2.24) is 14.5 Å². The lowest BCUT2D eigenvalue weighted by molar-refractivity contribution is -0.136. The number of benzene rings is 1. The number of carbonyl (C=O) groups is 2. The van der Waals surface area contributed by atoms with E-state index in [1.807, 2.05) is 0 Å². The molecule has 1 N–H and O–H groups in total. The fourth-order valence-corrected chi connectivity index (χ4v) is 5.18. The molecule has 1 aromatic carbocycles. The maximum Gasteiger partial charge on any atom is 0.243 e. The van der Waals surface area contributed by atoms with E-state index >= 15 is 0 Å². The average molecular weight is 416 g/mol. The smallest absolute Gasteiger partial charge is 0.243 e. The van der Waals surface area contributed by atoms with Crippen LogP contribution in [0.1, 0.15) is 36.5 Å². The Hall–Kier alpha value is -1.48. The minimum atomic E-state index is -3.78. The molecule has 0 spiro atoms. The zero-order valence-corrected chi connectivity index (χ0v) is 17.0. The summed E-state index contributed by atoms with van der Waals surface area (Å²) < 4.78 is 27.6. The predicted octanol–water partition coefficient (Wildman–Crippen LogP) is 1.29. The number of hydrogen-bond acceptors (Lipinski definition) is 5. The Kier molecular flexibility index (Phi) is 7.39. The van der Waals surface area contributed by atoms with Crippen LogP contribution in [-0.4, -0.2) is 68.1 Å². The SMILES string of the molecule is CC(=O)c1ccc(S(=O)(=O)N2CCCCC2C(=O)N2CCNCC2)cc1.Cl. The molecular formula is C18H26ClN3O4S. The van der Waals surface area contributed by atoms with Gasteiger partial charge in [0.1, 0.15) is 6.04 Å². The highest BCUT2D eigenvalue weighted by molar-refractivity contribution is 7.89. The van der Waals surface area contributed by atoms with Gasteiger partial charge in [-0.2, -0.15) is 4.31 Å². The summed E-state index contributed by atoms with van der Waals surface area (Å²) in [6.45, 7) is 4.47. The Morgan fingerprint density at radius 3 is 2.26 bits per heavy atom. The first kappa shape index (κ1) is 21.8. The molecule has 1 aromatic rings. The summed E-state index contributed by atoms with van der Waals surface area (Å²) in [5.41, 5.74) is 0.469. The first-order valence-corrected chi connectivity index (χ1v) is 10.5. The van der Waals surface area contributed by atoms with E-state index in [4.69, 9.17) is 0 Å². The molecule has 2 fully saturated rings. The van der Waals surface area contributed by atoms with Crippen molar-refractivity contribution in [3.63, 3.8) is 0 Å². The van der Waals surface area contributed by atoms with Crippen LogP contribution in [0.4, 0.5) is 0 Å². The molecule has 3 rings (SSSR count). The van der Waals surface area contributed by atoms with Gasteiger partial charge in [-0.3, -0.25) is 9.59 Å². The molecule has 2 aliphatic heterocycles. The summed E-state index contributed by atoms with van der Waals surface area (Å²) in [7, 11) is -3.78. The molecule has 0 radical (unpaired) electrons. The molecule has 2 saturated heterocycles. The van der Waals surface area contributed by atoms with E-state index in [0.717, 1.165) is 25.9 Å². The molecule has 1 atom stereocenters. The number of ketones is 1. The van der Waals surface area contributed by atoms with Crippen molar-refractivity contribution in [2.75, 3.05) is 32.7 Å². The number of nitrogens with one attached hydrogen (secondary N) is 1. The number of nitrogens with zero attached hydrogens (tertiary/aromatic N) is 2. The van der Waals surface area contributed by atoms with Crippen LogP contribution in [0.2, 0.25) is 0 Å². The van der Waals surface area contributed by atoms with Gasteiger partial charge in [0.15, 0.2) is 5.78 Å². The molecule has 9 heteroatoms. The van der Waals surface area contributed by atoms with Gasteiger partial charge in [-0.25, -0.2) is 8.42 Å². The number of piperidine rings is 1. The minimum absolute atomic E-state index is 0. The summed E-state index contributed by atoms with van der Waals surface area (Å²) in [6, 6.07) is 5.30. The van der Waals surface area contributed by atoms with Gasteiger partial charge >= 0.3 is 0 Å². The van der Waals surface area contributed by atoms with E-state index < -0.39 is 16.1 Å². The van der Waals surface area contributed by atoms with Gasteiger partial charge in [0, 0.05) is 38.3 Å². The Bertz CT molecular complexity index is 776. The van der Waals surface area contributed by atoms with Gasteiger partial charge in [-0.15, -0.1) is 12.4 Å². The van der Waals surface area contributed by atoms with E-state index in [1.165, 1.54) is 35.5 Å². The lowest BCUT2D eigenvalue weighted by Gasteiger charge is -2.38. The molecule has 150 valence electrons. The van der Waals surface area contributed by atoms with Crippen LogP contribution < -0.4 is 5.32 Å². The highest BCUT2D eigenvalue weighted by Crippen LogP contribution is 2.27. The lowest BCUT2D eigenvalue weighted by atomic mass is 10.0. The maximum absolute atomic E-state index is 13.1. The zero-order chi connectivity index (χ0) is 18.7. The number of hydrogen-bond donors (Lipinski definition) is 1. The van der Waals surface area contributed by atoms with E-state index in [-0.39, 0.29) is 29.0 Å². The minimum Gasteiger partial charge on any atom is -0.339 e. The van der Waals surface area contributed by atoms with Crippen LogP contribution in [0.25, 0.3) is 0 Å². The molecule has 7 nitrogen and oxygen atoms in total. The topological polar surface area (TPSA) is 86.8 Å². The van der Waals surface area contributed by atoms with Crippen molar-refractivity contribution in [1.29, 1.82) is 0 Å². The number of halogens is 1. The molecule has 27 heavy (non-hydrogen) atoms. The summed E-state index contributed by atoms with van der Waals surface area (Å²) >= 11 is 0. The molecule has 0 aliphatic carbocycles. The number of sulfonamides is 1. The Morgan fingerprint density at radius 1 is 1.04 bits per heavy atom. The van der Waals surface area contributed by atoms with Crippen LogP contribution >= 0.6 is 12.4 Å². The quantitative estimate of drug-likeness (QED) is 0.748. The van der Waals surface area contributed by atoms with Crippen LogP contribution in [0.15, 0.2) is 29.2 Å². The highest BCUT2D eigenvalue weighted by Gasteiger charge is 2.39. The summed E-state index contributed by atoms with van der Waals surface area (Å²) in [5.74, 6) is -0.214. The van der Waals surface area contributed by atoms with Crippen LogP contribution in [0, 0.1) is 0 Å². The van der Waals surface area contributed by atoms with Gasteiger partial charge in [-0.1, -0.05) is 18.6 Å². The van der Waals surface area contributed by atoms with Crippen molar-refractivity contribution >= 4 is 34.1 Å². The molecule has 2 heterocycles. The van der Waals surface area contributed by atoms with E-state index in [9.17, 15) is 18.0 Å². The van der Waals surface area contributed by atoms with Gasteiger partial charge in [-0.05, 0) is 31.9 Å². The standard InChI is InChI=1S/C18H25N3O4S.ClH/c1-14(22)15-5-7-16(8-6-15)26(24,25)21-11-3-2-4-17(21)18(23)20-12-9-19-10-13-20;/h5-8,17,19H,2-4,9-13H2,1H3;1H. The third-order valence-corrected chi connectivity index (χ3v) is 6.96. The van der Waals surface area contributed by atoms with Crippen molar-refractivity contribution in [3.8, 4) is 0 Å². The molecule has 0 bridgehead atoms. The Morgan fingerprint density at radius 2 is 1.67 bits per heavy atom. The van der Waals surface area contributed by atoms with Gasteiger partial charge in [0.2, 0.25) is 15.9 Å². The predicted molar refractivity (Wildman–Crippen MR) is 105 cm³/mol. The van der Waals surface area contributed by atoms with Crippen LogP contribution in [-0.2, 0) is 14.8 Å². The summed E-state index contributed by atoms with van der Waals surface area (Å²) in [4.78, 5) is 26.2. The molecular weight excluding hydrogens is 390 g/mol. The largest absolute Gasteiger partial charge is 0.339 e. The van der Waals surface area contributed by atoms with Crippen molar-refractivity contribution in [2.24, 2.45) is 0 Å². The van der Waals surface area contributed by atoms with Gasteiger partial charge < -0.3 is 10.2 Å². The summed E-state index contributed by atoms with van der Waals surface area (Å²) in [5, 5.41) is 3.20. The third kappa shape index (κ3) is 4.68. The number of rotatable bonds is 4. The fourth-order valence-electron chi connectivity index (χ4n) is 3.53. The van der Waals surface area contributed by atoms with Gasteiger partial charge in [0.25, 0.3) is 0 Å². The van der Waals surface area contributed by atoms with Crippen molar-refractivity contribution in [2.45, 2.75) is 37.1 Å². The monoisotopic (exact) mass is 415 g/mol. The second-order valence-corrected chi connectivity index (χ2v) is 8.67. The normalized spacial score (nSPS) is 21.4. The Balaban J connectivity index is 0.00000261. The molecule has 1 unspecified atom stereocenters. The number of amides is 1. The molecule has 1 amide bonds. The summed E-state index contributed by atoms with van der Waals surface area (Å²) in [6.07, 6.45) is 2.14. The highest BCUT2D eigenvalue weighted by atomic mass is 35.5. The number of piperazine rings is 1. The zero-order valence-electron chi connectivity index (χ0n) is 15.4. The van der Waals surface area contributed by atoms with Gasteiger partial charge in [0.05, 0.1) is 4.90 Å². The lowest BCUT2D eigenvalue weighted by Crippen LogP contribution is -2.56. The van der Waals surface area contributed by atoms with Crippen LogP contribution in [0.3, 0.4) is 0 Å². The first-order chi connectivity index (χ1) is 12.4. The molecule has 0 saturated carbocycles. The van der Waals surface area contributed by atoms with Crippen molar-refractivity contribution < 1.29 is 18.0 Å².